The highest BCUT2D eigenvalue weighted by Gasteiger charge is 2.06. The lowest BCUT2D eigenvalue weighted by molar-refractivity contribution is 0.560. The van der Waals surface area contributed by atoms with Crippen LogP contribution >= 0.6 is 11.8 Å². The third kappa shape index (κ3) is 3.09. The maximum Gasteiger partial charge on any atom is 0.0481 e. The topological polar surface area (TPSA) is 17.0 Å². The van der Waals surface area contributed by atoms with E-state index in [1.165, 1.54) is 22.2 Å². The molecule has 1 N–H and O–H groups in total. The third-order valence-electron chi connectivity index (χ3n) is 3.24. The summed E-state index contributed by atoms with van der Waals surface area (Å²) < 4.78 is 2.21. The first kappa shape index (κ1) is 13.5. The fourth-order valence-corrected chi connectivity index (χ4v) is 3.05. The predicted molar refractivity (Wildman–Crippen MR) is 82.2 cm³/mol. The summed E-state index contributed by atoms with van der Waals surface area (Å²) in [5.74, 6) is 1.96. The molecule has 2 nitrogen and oxygen atoms in total. The lowest BCUT2D eigenvalue weighted by atomic mass is 10.1. The van der Waals surface area contributed by atoms with Gasteiger partial charge in [-0.2, -0.15) is 11.8 Å². The van der Waals surface area contributed by atoms with E-state index in [-0.39, 0.29) is 0 Å². The first-order chi connectivity index (χ1) is 8.72. The van der Waals surface area contributed by atoms with Gasteiger partial charge in [0.1, 0.15) is 0 Å². The zero-order valence-corrected chi connectivity index (χ0v) is 12.3. The van der Waals surface area contributed by atoms with Crippen molar-refractivity contribution in [2.24, 2.45) is 13.0 Å². The average molecular weight is 262 g/mol. The quantitative estimate of drug-likeness (QED) is 0.860. The highest BCUT2D eigenvalue weighted by Crippen LogP contribution is 2.20. The van der Waals surface area contributed by atoms with Gasteiger partial charge in [-0.15, -0.1) is 0 Å². The van der Waals surface area contributed by atoms with Crippen molar-refractivity contribution in [3.8, 4) is 0 Å². The van der Waals surface area contributed by atoms with E-state index in [1.54, 1.807) is 0 Å². The van der Waals surface area contributed by atoms with Crippen molar-refractivity contribution in [3.63, 3.8) is 0 Å². The molecule has 1 atom stereocenters. The third-order valence-corrected chi connectivity index (χ3v) is 4.14. The number of fused-ring (bicyclic) bond motifs is 1. The molecule has 2 aromatic rings. The maximum atomic E-state index is 3.57. The van der Waals surface area contributed by atoms with Crippen LogP contribution in [0.2, 0.25) is 0 Å². The minimum absolute atomic E-state index is 0.731. The number of nitrogens with zero attached hydrogens (tertiary/aromatic N) is 1. The zero-order chi connectivity index (χ0) is 13.0. The number of thioether (sulfide) groups is 1. The molecule has 1 heterocycles. The number of rotatable bonds is 6. The van der Waals surface area contributed by atoms with Crippen molar-refractivity contribution in [2.45, 2.75) is 13.5 Å². The van der Waals surface area contributed by atoms with Gasteiger partial charge in [-0.05, 0) is 36.1 Å². The van der Waals surface area contributed by atoms with Gasteiger partial charge in [0, 0.05) is 30.7 Å². The molecule has 1 unspecified atom stereocenters. The van der Waals surface area contributed by atoms with E-state index in [2.05, 4.69) is 60.6 Å². The summed E-state index contributed by atoms with van der Waals surface area (Å²) in [6.45, 7) is 4.34. The van der Waals surface area contributed by atoms with E-state index in [9.17, 15) is 0 Å². The number of para-hydroxylation sites is 1. The van der Waals surface area contributed by atoms with Crippen molar-refractivity contribution >= 4 is 22.7 Å². The second-order valence-electron chi connectivity index (χ2n) is 4.97. The number of hydrogen-bond donors (Lipinski definition) is 1. The molecule has 2 rings (SSSR count). The average Bonchev–Trinajstić information content (AvgIpc) is 2.68. The van der Waals surface area contributed by atoms with Crippen LogP contribution in [-0.4, -0.2) is 23.1 Å². The van der Waals surface area contributed by atoms with E-state index in [0.717, 1.165) is 19.0 Å². The molecule has 3 heteroatoms. The highest BCUT2D eigenvalue weighted by atomic mass is 32.2. The molecule has 0 aliphatic heterocycles. The van der Waals surface area contributed by atoms with Crippen molar-refractivity contribution in [3.05, 3.63) is 36.0 Å². The van der Waals surface area contributed by atoms with Crippen LogP contribution in [0.1, 0.15) is 12.5 Å². The summed E-state index contributed by atoms with van der Waals surface area (Å²) in [4.78, 5) is 0. The van der Waals surface area contributed by atoms with Crippen LogP contribution in [0.3, 0.4) is 0 Å². The van der Waals surface area contributed by atoms with Gasteiger partial charge in [0.25, 0.3) is 0 Å². The van der Waals surface area contributed by atoms with E-state index in [0.29, 0.717) is 0 Å². The minimum atomic E-state index is 0.731. The molecular weight excluding hydrogens is 240 g/mol. The number of hydrogen-bond acceptors (Lipinski definition) is 2. The molecule has 0 radical (unpaired) electrons. The van der Waals surface area contributed by atoms with E-state index < -0.39 is 0 Å². The van der Waals surface area contributed by atoms with Crippen LogP contribution in [-0.2, 0) is 13.6 Å². The van der Waals surface area contributed by atoms with Crippen LogP contribution < -0.4 is 5.32 Å². The van der Waals surface area contributed by atoms with E-state index >= 15 is 0 Å². The van der Waals surface area contributed by atoms with Gasteiger partial charge >= 0.3 is 0 Å². The molecule has 0 spiro atoms. The Morgan fingerprint density at radius 3 is 2.89 bits per heavy atom. The second kappa shape index (κ2) is 6.30. The SMILES string of the molecule is CSCC(C)CNCc1cn(C)c2ccccc12. The lowest BCUT2D eigenvalue weighted by Gasteiger charge is -2.10. The number of aromatic nitrogens is 1. The zero-order valence-electron chi connectivity index (χ0n) is 11.4. The van der Waals surface area contributed by atoms with E-state index in [1.807, 2.05) is 11.8 Å². The summed E-state index contributed by atoms with van der Waals surface area (Å²) >= 11 is 1.92. The predicted octanol–water partition coefficient (Wildman–Crippen LogP) is 3.27. The van der Waals surface area contributed by atoms with Crippen LogP contribution in [0.15, 0.2) is 30.5 Å². The fraction of sp³-hybridized carbons (Fsp3) is 0.467. The van der Waals surface area contributed by atoms with Gasteiger partial charge in [-0.1, -0.05) is 25.1 Å². The van der Waals surface area contributed by atoms with Crippen molar-refractivity contribution in [1.82, 2.24) is 9.88 Å². The highest BCUT2D eigenvalue weighted by molar-refractivity contribution is 7.98. The Hall–Kier alpha value is -0.930. The Labute approximate surface area is 114 Å². The van der Waals surface area contributed by atoms with Crippen LogP contribution in [0, 0.1) is 5.92 Å². The Kier molecular flexibility index (Phi) is 4.72. The molecule has 0 aliphatic carbocycles. The largest absolute Gasteiger partial charge is 0.350 e. The lowest BCUT2D eigenvalue weighted by Crippen LogP contribution is -2.21. The summed E-state index contributed by atoms with van der Waals surface area (Å²) in [5, 5.41) is 4.93. The molecule has 0 amide bonds. The molecule has 1 aromatic heterocycles. The Morgan fingerprint density at radius 1 is 1.33 bits per heavy atom. The first-order valence-corrected chi connectivity index (χ1v) is 7.84. The Balaban J connectivity index is 2.00. The first-order valence-electron chi connectivity index (χ1n) is 6.45. The molecular formula is C15H22N2S. The van der Waals surface area contributed by atoms with Crippen molar-refractivity contribution in [1.29, 1.82) is 0 Å². The van der Waals surface area contributed by atoms with Crippen LogP contribution in [0.5, 0.6) is 0 Å². The molecule has 0 bridgehead atoms. The smallest absolute Gasteiger partial charge is 0.0481 e. The molecule has 0 saturated carbocycles. The standard InChI is InChI=1S/C15H22N2S/c1-12(11-18-3)8-16-9-13-10-17(2)15-7-5-4-6-14(13)15/h4-7,10,12,16H,8-9,11H2,1-3H3. The summed E-state index contributed by atoms with van der Waals surface area (Å²) in [5.41, 5.74) is 2.70. The molecule has 0 saturated heterocycles. The number of benzene rings is 1. The monoisotopic (exact) mass is 262 g/mol. The fourth-order valence-electron chi connectivity index (χ4n) is 2.36. The molecule has 18 heavy (non-hydrogen) atoms. The van der Waals surface area contributed by atoms with E-state index in [4.69, 9.17) is 0 Å². The van der Waals surface area contributed by atoms with Crippen LogP contribution in [0.4, 0.5) is 0 Å². The second-order valence-corrected chi connectivity index (χ2v) is 5.88. The number of aryl methyl sites for hydroxylation is 1. The van der Waals surface area contributed by atoms with Gasteiger partial charge < -0.3 is 9.88 Å². The van der Waals surface area contributed by atoms with Gasteiger partial charge in [0.2, 0.25) is 0 Å². The van der Waals surface area contributed by atoms with Crippen LogP contribution in [0.25, 0.3) is 10.9 Å². The molecule has 1 aromatic carbocycles. The summed E-state index contributed by atoms with van der Waals surface area (Å²) in [7, 11) is 2.11. The normalized spacial score (nSPS) is 13.1. The maximum absolute atomic E-state index is 3.57. The Bertz CT molecular complexity index is 504. The summed E-state index contributed by atoms with van der Waals surface area (Å²) in [6, 6.07) is 8.59. The van der Waals surface area contributed by atoms with Gasteiger partial charge in [0.15, 0.2) is 0 Å². The van der Waals surface area contributed by atoms with Gasteiger partial charge in [-0.3, -0.25) is 0 Å². The Morgan fingerprint density at radius 2 is 2.11 bits per heavy atom. The minimum Gasteiger partial charge on any atom is -0.350 e. The van der Waals surface area contributed by atoms with Gasteiger partial charge in [0.05, 0.1) is 0 Å². The molecule has 98 valence electrons. The van der Waals surface area contributed by atoms with Crippen molar-refractivity contribution in [2.75, 3.05) is 18.6 Å². The molecule has 0 aliphatic rings. The molecule has 0 fully saturated rings. The summed E-state index contributed by atoms with van der Waals surface area (Å²) in [6.07, 6.45) is 4.40. The van der Waals surface area contributed by atoms with Gasteiger partial charge in [-0.25, -0.2) is 0 Å². The number of nitrogens with one attached hydrogen (secondary N) is 1. The van der Waals surface area contributed by atoms with Crippen molar-refractivity contribution < 1.29 is 0 Å².